The van der Waals surface area contributed by atoms with Crippen molar-refractivity contribution in [2.75, 3.05) is 13.1 Å². The number of rotatable bonds is 24. The second-order valence-corrected chi connectivity index (χ2v) is 9.36. The van der Waals surface area contributed by atoms with Crippen LogP contribution in [0.2, 0.25) is 0 Å². The number of hydrogen-bond donors (Lipinski definition) is 1. The first-order valence-electron chi connectivity index (χ1n) is 13.8. The third-order valence-electron chi connectivity index (χ3n) is 6.24. The van der Waals surface area contributed by atoms with Crippen LogP contribution in [-0.2, 0) is 9.59 Å². The largest absolute Gasteiger partial charge is 0.478 e. The Kier molecular flexibility index (Phi) is 23.3. The lowest BCUT2D eigenvalue weighted by atomic mass is 10.1. The van der Waals surface area contributed by atoms with Gasteiger partial charge in [-0.15, -0.1) is 0 Å². The first-order chi connectivity index (χ1) is 15.6. The molecule has 0 fully saturated rings. The van der Waals surface area contributed by atoms with Crippen molar-refractivity contribution in [3.8, 4) is 0 Å². The average Bonchev–Trinajstić information content (AvgIpc) is 2.78. The number of carbonyl (C=O) groups is 2. The zero-order valence-corrected chi connectivity index (χ0v) is 21.4. The molecule has 0 aliphatic rings. The molecule has 0 spiro atoms. The number of nitrogens with zero attached hydrogens (tertiary/aromatic N) is 1. The van der Waals surface area contributed by atoms with Crippen LogP contribution in [0.5, 0.6) is 0 Å². The first kappa shape index (κ1) is 30.7. The second-order valence-electron chi connectivity index (χ2n) is 9.36. The standard InChI is InChI=1S/C28H53NO3/c1-3-5-7-9-11-13-15-17-19-21-25-29(27(30)23-24-28(31)32)26-22-20-18-16-14-12-10-8-6-4-2/h23-24H,3-22,25-26H2,1-2H3,(H,31,32)/b24-23+. The van der Waals surface area contributed by atoms with Gasteiger partial charge in [0, 0.05) is 25.2 Å². The summed E-state index contributed by atoms with van der Waals surface area (Å²) in [7, 11) is 0. The van der Waals surface area contributed by atoms with Crippen LogP contribution in [0.3, 0.4) is 0 Å². The van der Waals surface area contributed by atoms with E-state index in [1.165, 1.54) is 109 Å². The highest BCUT2D eigenvalue weighted by Crippen LogP contribution is 2.13. The van der Waals surface area contributed by atoms with E-state index in [0.717, 1.165) is 44.8 Å². The Bertz CT molecular complexity index is 438. The fourth-order valence-corrected chi connectivity index (χ4v) is 4.16. The molecule has 1 N–H and O–H groups in total. The van der Waals surface area contributed by atoms with Gasteiger partial charge in [0.25, 0.3) is 0 Å². The third-order valence-corrected chi connectivity index (χ3v) is 6.24. The lowest BCUT2D eigenvalue weighted by Gasteiger charge is -2.21. The lowest BCUT2D eigenvalue weighted by molar-refractivity contribution is -0.132. The molecule has 0 aliphatic carbocycles. The van der Waals surface area contributed by atoms with Gasteiger partial charge in [-0.2, -0.15) is 0 Å². The lowest BCUT2D eigenvalue weighted by Crippen LogP contribution is -2.31. The predicted molar refractivity (Wildman–Crippen MR) is 137 cm³/mol. The summed E-state index contributed by atoms with van der Waals surface area (Å²) in [5, 5.41) is 8.82. The highest BCUT2D eigenvalue weighted by Gasteiger charge is 2.10. The first-order valence-corrected chi connectivity index (χ1v) is 13.8. The molecule has 0 heterocycles. The molecule has 188 valence electrons. The number of carboxylic acids is 1. The minimum atomic E-state index is -1.06. The van der Waals surface area contributed by atoms with E-state index in [0.29, 0.717) is 0 Å². The number of amides is 1. The van der Waals surface area contributed by atoms with Gasteiger partial charge in [0.2, 0.25) is 5.91 Å². The number of carbonyl (C=O) groups excluding carboxylic acids is 1. The van der Waals surface area contributed by atoms with Crippen LogP contribution in [0.25, 0.3) is 0 Å². The van der Waals surface area contributed by atoms with Gasteiger partial charge < -0.3 is 10.0 Å². The Morgan fingerprint density at radius 1 is 0.531 bits per heavy atom. The van der Waals surface area contributed by atoms with Crippen LogP contribution in [0.1, 0.15) is 142 Å². The molecule has 0 aromatic carbocycles. The fraction of sp³-hybridized carbons (Fsp3) is 0.857. The zero-order valence-electron chi connectivity index (χ0n) is 21.4. The normalized spacial score (nSPS) is 11.3. The van der Waals surface area contributed by atoms with Crippen molar-refractivity contribution in [2.24, 2.45) is 0 Å². The Morgan fingerprint density at radius 3 is 1.16 bits per heavy atom. The van der Waals surface area contributed by atoms with E-state index in [1.807, 2.05) is 4.90 Å². The van der Waals surface area contributed by atoms with E-state index >= 15 is 0 Å². The molecule has 0 radical (unpaired) electrons. The van der Waals surface area contributed by atoms with E-state index < -0.39 is 5.97 Å². The van der Waals surface area contributed by atoms with Crippen molar-refractivity contribution >= 4 is 11.9 Å². The number of hydrogen-bond acceptors (Lipinski definition) is 2. The molecule has 4 heteroatoms. The van der Waals surface area contributed by atoms with E-state index in [9.17, 15) is 9.59 Å². The molecular formula is C28H53NO3. The summed E-state index contributed by atoms with van der Waals surface area (Å²) >= 11 is 0. The third kappa shape index (κ3) is 21.9. The SMILES string of the molecule is CCCCCCCCCCCCN(CCCCCCCCCCCC)C(=O)/C=C/C(=O)O. The maximum Gasteiger partial charge on any atom is 0.328 e. The van der Waals surface area contributed by atoms with E-state index in [4.69, 9.17) is 5.11 Å². The summed E-state index contributed by atoms with van der Waals surface area (Å²) in [6, 6.07) is 0. The minimum absolute atomic E-state index is 0.153. The van der Waals surface area contributed by atoms with Crippen molar-refractivity contribution in [2.45, 2.75) is 142 Å². The molecule has 0 unspecified atom stereocenters. The molecule has 0 saturated carbocycles. The maximum absolute atomic E-state index is 12.4. The topological polar surface area (TPSA) is 57.6 Å². The van der Waals surface area contributed by atoms with Gasteiger partial charge in [0.1, 0.15) is 0 Å². The summed E-state index contributed by atoms with van der Waals surface area (Å²) in [4.78, 5) is 25.0. The van der Waals surface area contributed by atoms with Gasteiger partial charge in [0.05, 0.1) is 0 Å². The maximum atomic E-state index is 12.4. The molecule has 0 atom stereocenters. The Labute approximate surface area is 199 Å². The summed E-state index contributed by atoms with van der Waals surface area (Å²) < 4.78 is 0. The number of unbranched alkanes of at least 4 members (excludes halogenated alkanes) is 18. The predicted octanol–water partition coefficient (Wildman–Crippen LogP) is 8.30. The Hall–Kier alpha value is -1.32. The van der Waals surface area contributed by atoms with Crippen LogP contribution in [0, 0.1) is 0 Å². The van der Waals surface area contributed by atoms with Crippen molar-refractivity contribution in [3.05, 3.63) is 12.2 Å². The van der Waals surface area contributed by atoms with Crippen molar-refractivity contribution in [3.63, 3.8) is 0 Å². The second kappa shape index (κ2) is 24.3. The monoisotopic (exact) mass is 451 g/mol. The summed E-state index contributed by atoms with van der Waals surface area (Å²) in [6.45, 7) is 6.00. The number of carboxylic acid groups (broad SMARTS) is 1. The van der Waals surface area contributed by atoms with Gasteiger partial charge in [-0.25, -0.2) is 4.79 Å². The summed E-state index contributed by atoms with van der Waals surface area (Å²) in [5.74, 6) is -1.21. The van der Waals surface area contributed by atoms with E-state index in [-0.39, 0.29) is 5.91 Å². The molecule has 0 aliphatic heterocycles. The zero-order chi connectivity index (χ0) is 23.7. The molecule has 32 heavy (non-hydrogen) atoms. The Balaban J connectivity index is 3.96. The van der Waals surface area contributed by atoms with Gasteiger partial charge >= 0.3 is 5.97 Å². The van der Waals surface area contributed by atoms with Crippen molar-refractivity contribution < 1.29 is 14.7 Å². The van der Waals surface area contributed by atoms with Crippen LogP contribution in [0.15, 0.2) is 12.2 Å². The molecule has 0 aromatic heterocycles. The van der Waals surface area contributed by atoms with Gasteiger partial charge in [-0.1, -0.05) is 129 Å². The van der Waals surface area contributed by atoms with Crippen LogP contribution in [0.4, 0.5) is 0 Å². The van der Waals surface area contributed by atoms with Crippen LogP contribution in [-0.4, -0.2) is 35.0 Å². The molecular weight excluding hydrogens is 398 g/mol. The van der Waals surface area contributed by atoms with E-state index in [1.54, 1.807) is 0 Å². The van der Waals surface area contributed by atoms with Crippen LogP contribution < -0.4 is 0 Å². The van der Waals surface area contributed by atoms with Gasteiger partial charge in [-0.05, 0) is 12.8 Å². The molecule has 0 rings (SSSR count). The average molecular weight is 452 g/mol. The molecule has 1 amide bonds. The minimum Gasteiger partial charge on any atom is -0.478 e. The number of aliphatic carboxylic acids is 1. The fourth-order valence-electron chi connectivity index (χ4n) is 4.16. The van der Waals surface area contributed by atoms with Crippen molar-refractivity contribution in [1.29, 1.82) is 0 Å². The van der Waals surface area contributed by atoms with Crippen molar-refractivity contribution in [1.82, 2.24) is 4.90 Å². The van der Waals surface area contributed by atoms with Gasteiger partial charge in [0.15, 0.2) is 0 Å². The quantitative estimate of drug-likeness (QED) is 0.119. The molecule has 4 nitrogen and oxygen atoms in total. The highest BCUT2D eigenvalue weighted by molar-refractivity contribution is 5.93. The smallest absolute Gasteiger partial charge is 0.328 e. The Morgan fingerprint density at radius 2 is 0.844 bits per heavy atom. The molecule has 0 saturated heterocycles. The van der Waals surface area contributed by atoms with E-state index in [2.05, 4.69) is 13.8 Å². The molecule has 0 aromatic rings. The summed E-state index contributed by atoms with van der Waals surface area (Å²) in [6.07, 6.45) is 27.7. The highest BCUT2D eigenvalue weighted by atomic mass is 16.4. The van der Waals surface area contributed by atoms with Crippen LogP contribution >= 0.6 is 0 Å². The van der Waals surface area contributed by atoms with Gasteiger partial charge in [-0.3, -0.25) is 4.79 Å². The molecule has 0 bridgehead atoms. The summed E-state index contributed by atoms with van der Waals surface area (Å²) in [5.41, 5.74) is 0.